The van der Waals surface area contributed by atoms with E-state index in [-0.39, 0.29) is 23.2 Å². The molecule has 5 rings (SSSR count). The summed E-state index contributed by atoms with van der Waals surface area (Å²) in [5.41, 5.74) is 3.90. The van der Waals surface area contributed by atoms with Gasteiger partial charge in [-0.3, -0.25) is 4.79 Å². The molecule has 0 saturated carbocycles. The lowest BCUT2D eigenvalue weighted by Crippen LogP contribution is -2.52. The van der Waals surface area contributed by atoms with Crippen LogP contribution in [0, 0.1) is 11.2 Å². The van der Waals surface area contributed by atoms with Gasteiger partial charge < -0.3 is 4.90 Å². The van der Waals surface area contributed by atoms with Gasteiger partial charge in [-0.1, -0.05) is 36.7 Å². The Morgan fingerprint density at radius 1 is 1.25 bits per heavy atom. The monoisotopic (exact) mass is 430 g/mol. The highest BCUT2D eigenvalue weighted by molar-refractivity contribution is 6.32. The Balaban J connectivity index is 1.52. The van der Waals surface area contributed by atoms with Gasteiger partial charge in [0, 0.05) is 29.9 Å². The fourth-order valence-corrected chi connectivity index (χ4v) is 5.38. The van der Waals surface area contributed by atoms with Crippen molar-refractivity contribution in [2.45, 2.75) is 52.0 Å². The molecular weight excluding hydrogens is 402 g/mol. The number of aromatic nitrogens is 3. The molecule has 2 aliphatic rings. The summed E-state index contributed by atoms with van der Waals surface area (Å²) in [7, 11) is 1.86. The van der Waals surface area contributed by atoms with E-state index in [0.29, 0.717) is 29.0 Å². The Kier molecular flexibility index (Phi) is 5.15. The summed E-state index contributed by atoms with van der Waals surface area (Å²) in [6.45, 7) is 4.97. The van der Waals surface area contributed by atoms with Gasteiger partial charge in [0.05, 0.1) is 5.69 Å². The highest BCUT2D eigenvalue weighted by Gasteiger charge is 2.44. The van der Waals surface area contributed by atoms with Gasteiger partial charge in [-0.2, -0.15) is 5.10 Å². The van der Waals surface area contributed by atoms with E-state index >= 15 is 0 Å². The predicted octanol–water partition coefficient (Wildman–Crippen LogP) is 3.32. The van der Waals surface area contributed by atoms with Crippen molar-refractivity contribution in [3.05, 3.63) is 59.7 Å². The molecule has 2 aromatic heterocycles. The molecule has 0 N–H and O–H groups in total. The van der Waals surface area contributed by atoms with Gasteiger partial charge in [-0.05, 0) is 56.6 Å². The van der Waals surface area contributed by atoms with Crippen LogP contribution in [0.15, 0.2) is 42.5 Å². The average Bonchev–Trinajstić information content (AvgIpc) is 3.42. The number of fused-ring (bicyclic) bond motifs is 1. The third kappa shape index (κ3) is 3.35. The minimum absolute atomic E-state index is 0.0232. The van der Waals surface area contributed by atoms with Crippen molar-refractivity contribution < 1.29 is 9.18 Å². The van der Waals surface area contributed by atoms with Gasteiger partial charge >= 0.3 is 0 Å². The molecule has 3 heterocycles. The maximum absolute atomic E-state index is 14.5. The molecule has 1 aliphatic carbocycles. The molecule has 32 heavy (non-hydrogen) atoms. The van der Waals surface area contributed by atoms with E-state index in [1.807, 2.05) is 31.8 Å². The first kappa shape index (κ1) is 20.9. The topological polar surface area (TPSA) is 50.5 Å². The van der Waals surface area contributed by atoms with Crippen molar-refractivity contribution in [3.63, 3.8) is 0 Å². The molecule has 7 heteroatoms. The zero-order valence-electron chi connectivity index (χ0n) is 18.9. The Labute approximate surface area is 188 Å². The molecule has 1 aromatic carbocycles. The predicted molar refractivity (Wildman–Crippen MR) is 126 cm³/mol. The van der Waals surface area contributed by atoms with Crippen LogP contribution in [0.4, 0.5) is 4.39 Å². The first-order valence-electron chi connectivity index (χ1n) is 11.5. The Hall–Kier alpha value is -2.96. The average molecular weight is 430 g/mol. The van der Waals surface area contributed by atoms with Crippen LogP contribution in [-0.4, -0.2) is 45.8 Å². The lowest BCUT2D eigenvalue weighted by atomic mass is 9.72. The number of aryl methyl sites for hydroxylation is 1. The van der Waals surface area contributed by atoms with Crippen LogP contribution >= 0.6 is 0 Å². The Bertz CT molecular complexity index is 1230. The lowest BCUT2D eigenvalue weighted by molar-refractivity contribution is 0.0246. The second-order valence-electron chi connectivity index (χ2n) is 9.29. The minimum Gasteiger partial charge on any atom is -0.334 e. The summed E-state index contributed by atoms with van der Waals surface area (Å²) in [5, 5.41) is 4.61. The van der Waals surface area contributed by atoms with Crippen LogP contribution in [0.1, 0.15) is 55.7 Å². The zero-order chi connectivity index (χ0) is 22.5. The third-order valence-corrected chi connectivity index (χ3v) is 7.39. The molecule has 164 valence electrons. The molecule has 3 aromatic rings. The van der Waals surface area contributed by atoms with Crippen molar-refractivity contribution in [2.24, 2.45) is 5.41 Å². The van der Waals surface area contributed by atoms with Gasteiger partial charge in [0.2, 0.25) is 0 Å². The fourth-order valence-electron chi connectivity index (χ4n) is 5.38. The Morgan fingerprint density at radius 3 is 2.75 bits per heavy atom. The summed E-state index contributed by atoms with van der Waals surface area (Å²) < 4.78 is 16.3. The van der Waals surface area contributed by atoms with Crippen LogP contribution in [0.3, 0.4) is 0 Å². The van der Waals surface area contributed by atoms with E-state index in [1.54, 1.807) is 16.6 Å². The first-order chi connectivity index (χ1) is 15.4. The van der Waals surface area contributed by atoms with Crippen LogP contribution in [0.25, 0.3) is 16.9 Å². The number of piperidine rings is 1. The highest BCUT2D eigenvalue weighted by Crippen LogP contribution is 2.46. The van der Waals surface area contributed by atoms with Crippen molar-refractivity contribution in [3.8, 4) is 11.3 Å². The number of rotatable bonds is 3. The molecule has 1 amide bonds. The summed E-state index contributed by atoms with van der Waals surface area (Å²) in [5.74, 6) is -0.328. The van der Waals surface area contributed by atoms with Crippen LogP contribution < -0.4 is 5.46 Å². The van der Waals surface area contributed by atoms with E-state index in [2.05, 4.69) is 29.2 Å². The van der Waals surface area contributed by atoms with Crippen LogP contribution in [-0.2, 0) is 6.42 Å². The van der Waals surface area contributed by atoms with Crippen LogP contribution in [0.2, 0.25) is 0 Å². The summed E-state index contributed by atoms with van der Waals surface area (Å²) >= 11 is 0. The largest absolute Gasteiger partial charge is 0.334 e. The molecule has 1 atom stereocenters. The number of hydrogen-bond donors (Lipinski definition) is 0. The number of amides is 1. The molecule has 1 unspecified atom stereocenters. The first-order valence-corrected chi connectivity index (χ1v) is 11.5. The number of hydrogen-bond acceptors (Lipinski definition) is 3. The van der Waals surface area contributed by atoms with Crippen molar-refractivity contribution >= 4 is 24.9 Å². The maximum Gasteiger partial charge on any atom is 0.272 e. The maximum atomic E-state index is 14.5. The number of halogens is 1. The van der Waals surface area contributed by atoms with Crippen molar-refractivity contribution in [1.82, 2.24) is 19.5 Å². The van der Waals surface area contributed by atoms with Gasteiger partial charge in [0.15, 0.2) is 5.65 Å². The van der Waals surface area contributed by atoms with Crippen molar-refractivity contribution in [2.75, 3.05) is 6.54 Å². The van der Waals surface area contributed by atoms with Gasteiger partial charge in [0.25, 0.3) is 5.91 Å². The van der Waals surface area contributed by atoms with E-state index in [0.717, 1.165) is 43.4 Å². The van der Waals surface area contributed by atoms with Gasteiger partial charge in [0.1, 0.15) is 19.4 Å². The quantitative estimate of drug-likeness (QED) is 0.473. The molecule has 1 fully saturated rings. The van der Waals surface area contributed by atoms with E-state index in [1.165, 1.54) is 6.07 Å². The normalized spacial score (nSPS) is 19.8. The lowest BCUT2D eigenvalue weighted by Gasteiger charge is -2.46. The molecule has 1 saturated heterocycles. The molecule has 5 nitrogen and oxygen atoms in total. The SMILES string of the molecule is Bc1ccc(-c2cc3nc(C(=O)N4CCCC5(CC=CC5)C4C)cc(CC)n3n2)c(F)c1. The highest BCUT2D eigenvalue weighted by atomic mass is 19.1. The summed E-state index contributed by atoms with van der Waals surface area (Å²) in [6.07, 6.45) is 9.46. The number of carbonyl (C=O) groups excluding carboxylic acids is 1. The zero-order valence-corrected chi connectivity index (χ0v) is 18.9. The molecular formula is C25H28BFN4O. The molecule has 0 radical (unpaired) electrons. The minimum atomic E-state index is -0.305. The number of likely N-dealkylation sites (tertiary alicyclic amines) is 1. The second-order valence-corrected chi connectivity index (χ2v) is 9.29. The number of carbonyl (C=O) groups is 1. The molecule has 1 spiro atoms. The Morgan fingerprint density at radius 2 is 2.03 bits per heavy atom. The van der Waals surface area contributed by atoms with Crippen molar-refractivity contribution in [1.29, 1.82) is 0 Å². The second kappa shape index (κ2) is 7.87. The standard InChI is InChI=1S/C25H28BFN4O/c1-3-18-14-22(24(32)30-12-6-11-25(16(30)2)9-4-5-10-25)28-23-15-21(29-31(18)23)19-8-7-17(26)13-20(19)27/h4-5,7-8,13-16H,3,6,9-12,26H2,1-2H3. The number of nitrogens with zero attached hydrogens (tertiary/aromatic N) is 4. The molecule has 0 bridgehead atoms. The smallest absolute Gasteiger partial charge is 0.272 e. The van der Waals surface area contributed by atoms with E-state index < -0.39 is 0 Å². The summed E-state index contributed by atoms with van der Waals surface area (Å²) in [6, 6.07) is 8.91. The van der Waals surface area contributed by atoms with Crippen LogP contribution in [0.5, 0.6) is 0 Å². The van der Waals surface area contributed by atoms with Gasteiger partial charge in [-0.25, -0.2) is 13.9 Å². The third-order valence-electron chi connectivity index (χ3n) is 7.39. The van der Waals surface area contributed by atoms with E-state index in [4.69, 9.17) is 0 Å². The fraction of sp³-hybridized carbons (Fsp3) is 0.400. The van der Waals surface area contributed by atoms with Gasteiger partial charge in [-0.15, -0.1) is 0 Å². The molecule has 1 aliphatic heterocycles. The van der Waals surface area contributed by atoms with E-state index in [9.17, 15) is 9.18 Å². The number of allylic oxidation sites excluding steroid dienone is 2. The summed E-state index contributed by atoms with van der Waals surface area (Å²) in [4.78, 5) is 20.3. The number of benzene rings is 1.